The van der Waals surface area contributed by atoms with Gasteiger partial charge in [-0.1, -0.05) is 24.3 Å². The molecule has 8 heteroatoms. The molecule has 1 aromatic carbocycles. The lowest BCUT2D eigenvalue weighted by Crippen LogP contribution is -2.22. The van der Waals surface area contributed by atoms with Crippen LogP contribution in [0.1, 0.15) is 50.8 Å². The predicted molar refractivity (Wildman–Crippen MR) is 121 cm³/mol. The van der Waals surface area contributed by atoms with Crippen LogP contribution in [0.3, 0.4) is 0 Å². The molecule has 0 radical (unpaired) electrons. The van der Waals surface area contributed by atoms with Crippen molar-refractivity contribution in [3.8, 4) is 5.75 Å². The number of pyridine rings is 2. The monoisotopic (exact) mass is 440 g/mol. The number of benzene rings is 1. The maximum absolute atomic E-state index is 13.0. The molecule has 0 saturated heterocycles. The van der Waals surface area contributed by atoms with E-state index in [1.165, 1.54) is 0 Å². The minimum Gasteiger partial charge on any atom is -0.453 e. The van der Waals surface area contributed by atoms with Crippen LogP contribution < -0.4 is 10.2 Å². The summed E-state index contributed by atoms with van der Waals surface area (Å²) in [5, 5.41) is 5.19. The number of amides is 1. The summed E-state index contributed by atoms with van der Waals surface area (Å²) in [6.07, 6.45) is 5.31. The summed E-state index contributed by atoms with van der Waals surface area (Å²) in [4.78, 5) is 33.7. The van der Waals surface area contributed by atoms with Crippen molar-refractivity contribution in [3.05, 3.63) is 89.3 Å². The molecule has 3 heterocycles. The van der Waals surface area contributed by atoms with Crippen LogP contribution in [0.5, 0.6) is 5.75 Å². The van der Waals surface area contributed by atoms with Gasteiger partial charge in [-0.2, -0.15) is 5.10 Å². The first-order chi connectivity index (χ1) is 16.1. The van der Waals surface area contributed by atoms with E-state index in [1.807, 2.05) is 24.3 Å². The van der Waals surface area contributed by atoms with E-state index in [0.29, 0.717) is 41.1 Å². The normalized spacial score (nSPS) is 14.2. The Labute approximate surface area is 189 Å². The number of carbonyl (C=O) groups excluding carboxylic acids is 2. The number of carbonyl (C=O) groups is 2. The summed E-state index contributed by atoms with van der Waals surface area (Å²) in [6, 6.07) is 14.2. The number of nitrogens with zero attached hydrogens (tertiary/aromatic N) is 3. The van der Waals surface area contributed by atoms with E-state index in [1.54, 1.807) is 43.6 Å². The topological polar surface area (TPSA) is 107 Å². The van der Waals surface area contributed by atoms with Gasteiger partial charge in [-0.15, -0.1) is 0 Å². The smallest absolute Gasteiger partial charge is 0.380 e. The first-order valence-corrected chi connectivity index (χ1v) is 10.6. The van der Waals surface area contributed by atoms with Crippen LogP contribution in [0.15, 0.2) is 70.4 Å². The Morgan fingerprint density at radius 2 is 1.88 bits per heavy atom. The molecule has 0 saturated carbocycles. The fourth-order valence-corrected chi connectivity index (χ4v) is 3.95. The van der Waals surface area contributed by atoms with Gasteiger partial charge in [0.2, 0.25) is 5.76 Å². The van der Waals surface area contributed by atoms with Crippen molar-refractivity contribution in [3.63, 3.8) is 0 Å². The van der Waals surface area contributed by atoms with E-state index in [4.69, 9.17) is 9.15 Å². The Kier molecular flexibility index (Phi) is 5.40. The predicted octanol–water partition coefficient (Wildman–Crippen LogP) is 4.22. The maximum atomic E-state index is 13.0. The number of aromatic nitrogens is 2. The maximum Gasteiger partial charge on any atom is 0.380 e. The zero-order valence-corrected chi connectivity index (χ0v) is 17.9. The van der Waals surface area contributed by atoms with E-state index in [-0.39, 0.29) is 11.5 Å². The molecule has 0 unspecified atom stereocenters. The van der Waals surface area contributed by atoms with Crippen molar-refractivity contribution in [1.29, 1.82) is 0 Å². The summed E-state index contributed by atoms with van der Waals surface area (Å²) in [5.41, 5.74) is 5.46. The van der Waals surface area contributed by atoms with E-state index in [2.05, 4.69) is 20.5 Å². The molecule has 1 amide bonds. The highest BCUT2D eigenvalue weighted by atomic mass is 16.5. The van der Waals surface area contributed by atoms with Crippen LogP contribution >= 0.6 is 0 Å². The van der Waals surface area contributed by atoms with Gasteiger partial charge in [0.15, 0.2) is 5.75 Å². The van der Waals surface area contributed by atoms with Crippen molar-refractivity contribution >= 4 is 28.5 Å². The second kappa shape index (κ2) is 8.66. The highest BCUT2D eigenvalue weighted by Gasteiger charge is 2.29. The van der Waals surface area contributed by atoms with E-state index in [9.17, 15) is 9.59 Å². The second-order valence-corrected chi connectivity index (χ2v) is 7.64. The number of nitrogens with one attached hydrogen (secondary N) is 1. The third kappa shape index (κ3) is 3.98. The van der Waals surface area contributed by atoms with Crippen LogP contribution in [-0.2, 0) is 6.42 Å². The molecule has 8 nitrogen and oxygen atoms in total. The average Bonchev–Trinajstić information content (AvgIpc) is 3.20. The van der Waals surface area contributed by atoms with Crippen LogP contribution in [0.25, 0.3) is 10.9 Å². The number of fused-ring (bicyclic) bond motifs is 2. The molecule has 0 fully saturated rings. The van der Waals surface area contributed by atoms with Gasteiger partial charge < -0.3 is 9.15 Å². The molecule has 1 N–H and O–H groups in total. The third-order valence-corrected chi connectivity index (χ3v) is 5.50. The molecule has 0 aliphatic heterocycles. The van der Waals surface area contributed by atoms with Crippen molar-refractivity contribution in [2.75, 3.05) is 0 Å². The lowest BCUT2D eigenvalue weighted by atomic mass is 9.93. The van der Waals surface area contributed by atoms with Crippen molar-refractivity contribution in [2.24, 2.45) is 5.10 Å². The summed E-state index contributed by atoms with van der Waals surface area (Å²) < 4.78 is 11.6. The Bertz CT molecular complexity index is 1390. The van der Waals surface area contributed by atoms with Crippen LogP contribution in [0.4, 0.5) is 0 Å². The second-order valence-electron chi connectivity index (χ2n) is 7.64. The van der Waals surface area contributed by atoms with Crippen molar-refractivity contribution in [2.45, 2.75) is 26.2 Å². The molecule has 1 aliphatic carbocycles. The lowest BCUT2D eigenvalue weighted by molar-refractivity contribution is 0.0700. The fraction of sp³-hybridized carbons (Fsp3) is 0.160. The summed E-state index contributed by atoms with van der Waals surface area (Å²) in [7, 11) is 0. The average molecular weight is 440 g/mol. The molecule has 0 spiro atoms. The Hall–Kier alpha value is -4.33. The molecule has 5 rings (SSSR count). The van der Waals surface area contributed by atoms with E-state index < -0.39 is 11.9 Å². The number of hydrogen-bond acceptors (Lipinski definition) is 7. The highest BCUT2D eigenvalue weighted by molar-refractivity contribution is 6.07. The first-order valence-electron chi connectivity index (χ1n) is 10.6. The summed E-state index contributed by atoms with van der Waals surface area (Å²) >= 11 is 0. The third-order valence-electron chi connectivity index (χ3n) is 5.50. The number of hydrazone groups is 1. The molecule has 3 aromatic heterocycles. The zero-order chi connectivity index (χ0) is 22.8. The molecule has 0 bridgehead atoms. The first kappa shape index (κ1) is 20.6. The summed E-state index contributed by atoms with van der Waals surface area (Å²) in [5.74, 6) is 0.144. The van der Waals surface area contributed by atoms with Crippen LogP contribution in [0, 0.1) is 6.92 Å². The molecule has 1 aliphatic rings. The quantitative estimate of drug-likeness (QED) is 0.289. The van der Waals surface area contributed by atoms with E-state index in [0.717, 1.165) is 17.4 Å². The minimum absolute atomic E-state index is 0.124. The van der Waals surface area contributed by atoms with E-state index >= 15 is 0 Å². The molecule has 33 heavy (non-hydrogen) atoms. The molecular formula is C25H20N4O4. The molecular weight excluding hydrogens is 420 g/mol. The standard InChI is InChI=1S/C25H20N4O4/c1-15-21-17(28-29-24(30)18-9-2-3-13-26-18)10-5-11-19(21)32-23(15)25(31)33-20-12-4-7-16-8-6-14-27-22(16)20/h2-4,6-9,12-14H,5,10-11H2,1H3,(H,29,30)/b28-17+. The number of esters is 1. The Morgan fingerprint density at radius 3 is 2.73 bits per heavy atom. The number of hydrogen-bond donors (Lipinski definition) is 1. The van der Waals surface area contributed by atoms with Gasteiger partial charge in [-0.3, -0.25) is 14.8 Å². The number of furan rings is 1. The van der Waals surface area contributed by atoms with Crippen LogP contribution in [0.2, 0.25) is 0 Å². The van der Waals surface area contributed by atoms with Gasteiger partial charge in [0.1, 0.15) is 17.0 Å². The number of rotatable bonds is 4. The van der Waals surface area contributed by atoms with Gasteiger partial charge in [-0.05, 0) is 44.0 Å². The van der Waals surface area contributed by atoms with Gasteiger partial charge in [0.25, 0.3) is 5.91 Å². The lowest BCUT2D eigenvalue weighted by Gasteiger charge is -2.13. The number of ether oxygens (including phenoxy) is 1. The molecule has 0 atom stereocenters. The van der Waals surface area contributed by atoms with Crippen LogP contribution in [-0.4, -0.2) is 27.6 Å². The molecule has 4 aromatic rings. The van der Waals surface area contributed by atoms with Gasteiger partial charge in [-0.25, -0.2) is 10.2 Å². The zero-order valence-electron chi connectivity index (χ0n) is 17.9. The van der Waals surface area contributed by atoms with Gasteiger partial charge in [0.05, 0.1) is 5.71 Å². The fourth-order valence-electron chi connectivity index (χ4n) is 3.95. The van der Waals surface area contributed by atoms with Crippen molar-refractivity contribution in [1.82, 2.24) is 15.4 Å². The van der Waals surface area contributed by atoms with Gasteiger partial charge in [0, 0.05) is 35.3 Å². The van der Waals surface area contributed by atoms with Gasteiger partial charge >= 0.3 is 5.97 Å². The number of aryl methyl sites for hydroxylation is 1. The van der Waals surface area contributed by atoms with Crippen molar-refractivity contribution < 1.29 is 18.7 Å². The SMILES string of the molecule is Cc1c(C(=O)Oc2cccc3cccnc23)oc2c1/C(=N/NC(=O)c1ccccn1)CCC2. The molecule has 164 valence electrons. The number of para-hydroxylation sites is 1. The Morgan fingerprint density at radius 1 is 1.03 bits per heavy atom. The largest absolute Gasteiger partial charge is 0.453 e. The Balaban J connectivity index is 1.41. The highest BCUT2D eigenvalue weighted by Crippen LogP contribution is 2.31. The minimum atomic E-state index is -0.600. The summed E-state index contributed by atoms with van der Waals surface area (Å²) in [6.45, 7) is 1.79.